The van der Waals surface area contributed by atoms with Crippen molar-refractivity contribution in [2.24, 2.45) is 0 Å². The number of methoxy groups -OCH3 is 1. The van der Waals surface area contributed by atoms with Crippen molar-refractivity contribution in [2.45, 2.75) is 18.8 Å². The van der Waals surface area contributed by atoms with Gasteiger partial charge in [0, 0.05) is 35.6 Å². The van der Waals surface area contributed by atoms with E-state index in [0.29, 0.717) is 12.5 Å². The zero-order valence-corrected chi connectivity index (χ0v) is 16.6. The van der Waals surface area contributed by atoms with Crippen LogP contribution in [0.4, 0.5) is 0 Å². The van der Waals surface area contributed by atoms with E-state index in [1.807, 2.05) is 36.5 Å². The van der Waals surface area contributed by atoms with E-state index < -0.39 is 0 Å². The van der Waals surface area contributed by atoms with Crippen LogP contribution in [-0.2, 0) is 0 Å². The number of likely N-dealkylation sites (tertiary alicyclic amines) is 1. The highest BCUT2D eigenvalue weighted by atomic mass is 16.5. The second-order valence-electron chi connectivity index (χ2n) is 7.21. The monoisotopic (exact) mass is 384 g/mol. The van der Waals surface area contributed by atoms with Crippen molar-refractivity contribution in [3.05, 3.63) is 60.7 Å². The molecule has 0 amide bonds. The van der Waals surface area contributed by atoms with Crippen molar-refractivity contribution < 1.29 is 4.74 Å². The van der Waals surface area contributed by atoms with Gasteiger partial charge in [-0.05, 0) is 55.8 Å². The average Bonchev–Trinajstić information content (AvgIpc) is 2.80. The van der Waals surface area contributed by atoms with Crippen molar-refractivity contribution in [1.82, 2.24) is 19.9 Å². The molecule has 0 unspecified atom stereocenters. The van der Waals surface area contributed by atoms with E-state index in [2.05, 4.69) is 26.9 Å². The van der Waals surface area contributed by atoms with E-state index in [0.717, 1.165) is 59.9 Å². The molecule has 5 nitrogen and oxygen atoms in total. The molecule has 4 rings (SSSR count). The highest BCUT2D eigenvalue weighted by Gasteiger charge is 2.25. The molecule has 3 aromatic rings. The first-order valence-corrected chi connectivity index (χ1v) is 9.86. The number of rotatable bonds is 5. The fourth-order valence-electron chi connectivity index (χ4n) is 3.85. The molecule has 1 aromatic carbocycles. The number of nitrogens with zero attached hydrogens (tertiary/aromatic N) is 4. The summed E-state index contributed by atoms with van der Waals surface area (Å²) >= 11 is 0. The van der Waals surface area contributed by atoms with Gasteiger partial charge in [-0.15, -0.1) is 6.42 Å². The van der Waals surface area contributed by atoms with Crippen molar-refractivity contribution in [3.8, 4) is 40.6 Å². The first-order valence-electron chi connectivity index (χ1n) is 9.86. The Bertz CT molecular complexity index is 1000. The second-order valence-corrected chi connectivity index (χ2v) is 7.21. The number of terminal acetylenes is 1. The molecular weight excluding hydrogens is 360 g/mol. The first kappa shape index (κ1) is 19.1. The summed E-state index contributed by atoms with van der Waals surface area (Å²) in [6.07, 6.45) is 13.0. The van der Waals surface area contributed by atoms with Crippen molar-refractivity contribution in [1.29, 1.82) is 0 Å². The van der Waals surface area contributed by atoms with Gasteiger partial charge < -0.3 is 4.74 Å². The minimum absolute atomic E-state index is 0.369. The number of piperidine rings is 1. The van der Waals surface area contributed by atoms with Gasteiger partial charge in [-0.2, -0.15) is 0 Å². The molecule has 1 fully saturated rings. The van der Waals surface area contributed by atoms with E-state index in [1.54, 1.807) is 19.5 Å². The van der Waals surface area contributed by atoms with Crippen LogP contribution in [0.3, 0.4) is 0 Å². The third-order valence-corrected chi connectivity index (χ3v) is 5.43. The summed E-state index contributed by atoms with van der Waals surface area (Å²) in [6, 6.07) is 12.0. The van der Waals surface area contributed by atoms with Crippen LogP contribution in [0.5, 0.6) is 5.75 Å². The third kappa shape index (κ3) is 4.28. The molecule has 1 aliphatic heterocycles. The maximum Gasteiger partial charge on any atom is 0.159 e. The minimum Gasteiger partial charge on any atom is -0.497 e. The van der Waals surface area contributed by atoms with Crippen molar-refractivity contribution in [2.75, 3.05) is 26.7 Å². The summed E-state index contributed by atoms with van der Waals surface area (Å²) in [4.78, 5) is 16.1. The molecule has 1 aliphatic rings. The predicted molar refractivity (Wildman–Crippen MR) is 114 cm³/mol. The Morgan fingerprint density at radius 2 is 1.93 bits per heavy atom. The van der Waals surface area contributed by atoms with Crippen LogP contribution in [0.15, 0.2) is 55.0 Å². The Morgan fingerprint density at radius 3 is 2.66 bits per heavy atom. The Morgan fingerprint density at radius 1 is 1.14 bits per heavy atom. The van der Waals surface area contributed by atoms with Gasteiger partial charge in [0.05, 0.1) is 19.3 Å². The lowest BCUT2D eigenvalue weighted by Crippen LogP contribution is -2.33. The van der Waals surface area contributed by atoms with Crippen LogP contribution in [-0.4, -0.2) is 46.6 Å². The molecule has 3 heterocycles. The molecule has 0 N–H and O–H groups in total. The molecule has 29 heavy (non-hydrogen) atoms. The molecule has 0 atom stereocenters. The maximum absolute atomic E-state index is 5.49. The average molecular weight is 384 g/mol. The summed E-state index contributed by atoms with van der Waals surface area (Å²) in [6.45, 7) is 2.68. The summed E-state index contributed by atoms with van der Waals surface area (Å²) in [5.74, 6) is 4.69. The minimum atomic E-state index is 0.369. The standard InChI is InChI=1S/C24H24N4O/c1-3-13-28-14-9-18(10-15-28)23-22(20-5-4-6-21(16-20)29-2)17-26-24(27-23)19-7-11-25-12-8-19/h1,4-8,11-12,16-18H,9-10,13-15H2,2H3. The fraction of sp³-hybridized carbons (Fsp3) is 0.292. The SMILES string of the molecule is C#CCN1CCC(c2nc(-c3ccncc3)ncc2-c2cccc(OC)c2)CC1. The zero-order chi connectivity index (χ0) is 20.1. The van der Waals surface area contributed by atoms with Gasteiger partial charge in [0.15, 0.2) is 5.82 Å². The van der Waals surface area contributed by atoms with Gasteiger partial charge in [0.2, 0.25) is 0 Å². The molecule has 0 spiro atoms. The Hall–Kier alpha value is -3.23. The largest absolute Gasteiger partial charge is 0.497 e. The molecule has 5 heteroatoms. The smallest absolute Gasteiger partial charge is 0.159 e. The van der Waals surface area contributed by atoms with Gasteiger partial charge in [-0.1, -0.05) is 18.1 Å². The summed E-state index contributed by atoms with van der Waals surface area (Å²) in [5.41, 5.74) is 4.22. The number of hydrogen-bond acceptors (Lipinski definition) is 5. The number of pyridine rings is 1. The Kier molecular flexibility index (Phi) is 5.83. The van der Waals surface area contributed by atoms with Gasteiger partial charge in [-0.3, -0.25) is 9.88 Å². The maximum atomic E-state index is 5.49. The molecule has 0 bridgehead atoms. The van der Waals surface area contributed by atoms with Crippen LogP contribution in [0, 0.1) is 12.3 Å². The highest BCUT2D eigenvalue weighted by molar-refractivity contribution is 5.69. The molecular formula is C24H24N4O. The number of benzene rings is 1. The predicted octanol–water partition coefficient (Wildman–Crippen LogP) is 4.03. The van der Waals surface area contributed by atoms with Gasteiger partial charge in [0.1, 0.15) is 5.75 Å². The van der Waals surface area contributed by atoms with Crippen molar-refractivity contribution >= 4 is 0 Å². The number of ether oxygens (including phenoxy) is 1. The fourth-order valence-corrected chi connectivity index (χ4v) is 3.85. The van der Waals surface area contributed by atoms with Crippen LogP contribution in [0.1, 0.15) is 24.5 Å². The van der Waals surface area contributed by atoms with E-state index in [-0.39, 0.29) is 0 Å². The second kappa shape index (κ2) is 8.85. The Balaban J connectivity index is 1.74. The lowest BCUT2D eigenvalue weighted by atomic mass is 9.88. The lowest BCUT2D eigenvalue weighted by Gasteiger charge is -2.31. The summed E-state index contributed by atoms with van der Waals surface area (Å²) in [7, 11) is 1.68. The number of hydrogen-bond donors (Lipinski definition) is 0. The molecule has 0 radical (unpaired) electrons. The van der Waals surface area contributed by atoms with E-state index in [4.69, 9.17) is 16.1 Å². The molecule has 146 valence electrons. The van der Waals surface area contributed by atoms with Gasteiger partial charge in [0.25, 0.3) is 0 Å². The van der Waals surface area contributed by atoms with E-state index in [1.165, 1.54) is 0 Å². The van der Waals surface area contributed by atoms with Gasteiger partial charge >= 0.3 is 0 Å². The molecule has 0 aliphatic carbocycles. The van der Waals surface area contributed by atoms with E-state index in [9.17, 15) is 0 Å². The van der Waals surface area contributed by atoms with E-state index >= 15 is 0 Å². The topological polar surface area (TPSA) is 51.1 Å². The molecule has 1 saturated heterocycles. The lowest BCUT2D eigenvalue weighted by molar-refractivity contribution is 0.234. The molecule has 2 aromatic heterocycles. The number of aromatic nitrogens is 3. The van der Waals surface area contributed by atoms with Crippen LogP contribution in [0.2, 0.25) is 0 Å². The zero-order valence-electron chi connectivity index (χ0n) is 16.6. The normalized spacial score (nSPS) is 15.0. The quantitative estimate of drug-likeness (QED) is 0.622. The third-order valence-electron chi connectivity index (χ3n) is 5.43. The van der Waals surface area contributed by atoms with Gasteiger partial charge in [-0.25, -0.2) is 9.97 Å². The molecule has 0 saturated carbocycles. The first-order chi connectivity index (χ1) is 14.3. The van der Waals surface area contributed by atoms with Crippen LogP contribution < -0.4 is 4.74 Å². The van der Waals surface area contributed by atoms with Crippen molar-refractivity contribution in [3.63, 3.8) is 0 Å². The van der Waals surface area contributed by atoms with Crippen LogP contribution >= 0.6 is 0 Å². The Labute approximate surface area is 171 Å². The van der Waals surface area contributed by atoms with Crippen LogP contribution in [0.25, 0.3) is 22.5 Å². The summed E-state index contributed by atoms with van der Waals surface area (Å²) in [5, 5.41) is 0. The summed E-state index contributed by atoms with van der Waals surface area (Å²) < 4.78 is 5.42. The highest BCUT2D eigenvalue weighted by Crippen LogP contribution is 2.35.